The van der Waals surface area contributed by atoms with Crippen molar-refractivity contribution in [1.82, 2.24) is 4.98 Å². The Balaban J connectivity index is 3.30. The topological polar surface area (TPSA) is 86.2 Å². The predicted molar refractivity (Wildman–Crippen MR) is 52.3 cm³/mol. The second kappa shape index (κ2) is 3.36. The second-order valence-corrected chi connectivity index (χ2v) is 6.18. The summed E-state index contributed by atoms with van der Waals surface area (Å²) in [5.74, 6) is 0.322. The Bertz CT molecular complexity index is 420. The first-order valence-electron chi connectivity index (χ1n) is 4.13. The lowest BCUT2D eigenvalue weighted by Crippen LogP contribution is -2.29. The zero-order chi connectivity index (χ0) is 11.0. The maximum Gasteiger partial charge on any atom is 0.181 e. The van der Waals surface area contributed by atoms with E-state index >= 15 is 0 Å². The largest absolute Gasteiger partial charge is 0.446 e. The van der Waals surface area contributed by atoms with E-state index in [2.05, 4.69) is 4.98 Å². The number of hydrogen-bond donors (Lipinski definition) is 1. The summed E-state index contributed by atoms with van der Waals surface area (Å²) in [5.41, 5.74) is 5.90. The van der Waals surface area contributed by atoms with Crippen molar-refractivity contribution in [2.24, 2.45) is 5.73 Å². The Labute approximate surface area is 83.2 Å². The maximum absolute atomic E-state index is 11.5. The molecule has 1 heterocycles. The molecule has 0 amide bonds. The van der Waals surface area contributed by atoms with Gasteiger partial charge in [-0.2, -0.15) is 0 Å². The van der Waals surface area contributed by atoms with E-state index in [1.54, 1.807) is 13.8 Å². The average Bonchev–Trinajstić information content (AvgIpc) is 2.49. The number of nitrogens with two attached hydrogens (primary N) is 1. The van der Waals surface area contributed by atoms with Crippen LogP contribution in [-0.4, -0.2) is 19.7 Å². The number of oxazole rings is 1. The van der Waals surface area contributed by atoms with E-state index in [0.29, 0.717) is 11.5 Å². The van der Waals surface area contributed by atoms with E-state index in [-0.39, 0.29) is 6.54 Å². The second-order valence-electron chi connectivity index (χ2n) is 3.61. The van der Waals surface area contributed by atoms with E-state index in [1.807, 2.05) is 0 Å². The first kappa shape index (κ1) is 11.2. The Morgan fingerprint density at radius 3 is 2.57 bits per heavy atom. The van der Waals surface area contributed by atoms with Crippen molar-refractivity contribution < 1.29 is 12.8 Å². The molecule has 6 heteroatoms. The quantitative estimate of drug-likeness (QED) is 0.794. The van der Waals surface area contributed by atoms with Crippen molar-refractivity contribution in [2.75, 3.05) is 6.26 Å². The summed E-state index contributed by atoms with van der Waals surface area (Å²) < 4.78 is 27.0. The Hall–Kier alpha value is -0.880. The van der Waals surface area contributed by atoms with Crippen molar-refractivity contribution in [2.45, 2.75) is 25.1 Å². The molecule has 5 nitrogen and oxygen atoms in total. The van der Waals surface area contributed by atoms with Gasteiger partial charge in [0.1, 0.15) is 10.5 Å². The number of rotatable bonds is 3. The smallest absolute Gasteiger partial charge is 0.181 e. The molecule has 1 aromatic rings. The molecule has 1 rings (SSSR count). The van der Waals surface area contributed by atoms with E-state index < -0.39 is 14.6 Å². The molecule has 0 unspecified atom stereocenters. The summed E-state index contributed by atoms with van der Waals surface area (Å²) in [6.07, 6.45) is 2.38. The van der Waals surface area contributed by atoms with E-state index in [0.717, 1.165) is 6.26 Å². The lowest BCUT2D eigenvalue weighted by atomic mass is 10.1. The third-order valence-corrected chi connectivity index (χ3v) is 4.35. The van der Waals surface area contributed by atoms with Crippen LogP contribution in [0.3, 0.4) is 0 Å². The minimum Gasteiger partial charge on any atom is -0.446 e. The maximum atomic E-state index is 11.5. The zero-order valence-corrected chi connectivity index (χ0v) is 9.26. The Morgan fingerprint density at radius 2 is 2.14 bits per heavy atom. The van der Waals surface area contributed by atoms with Crippen molar-refractivity contribution in [3.8, 4) is 0 Å². The molecular formula is C8H14N2O3S. The van der Waals surface area contributed by atoms with Crippen LogP contribution in [-0.2, 0) is 21.1 Å². The van der Waals surface area contributed by atoms with Gasteiger partial charge in [-0.05, 0) is 13.8 Å². The van der Waals surface area contributed by atoms with Gasteiger partial charge in [0, 0.05) is 12.8 Å². The summed E-state index contributed by atoms with van der Waals surface area (Å²) >= 11 is 0. The van der Waals surface area contributed by atoms with Gasteiger partial charge >= 0.3 is 0 Å². The predicted octanol–water partition coefficient (Wildman–Crippen LogP) is 0.413. The number of aromatic nitrogens is 1. The first-order valence-corrected chi connectivity index (χ1v) is 6.02. The van der Waals surface area contributed by atoms with Gasteiger partial charge in [0.15, 0.2) is 16.2 Å². The van der Waals surface area contributed by atoms with E-state index in [9.17, 15) is 8.42 Å². The molecule has 0 bridgehead atoms. The van der Waals surface area contributed by atoms with Crippen LogP contribution in [0.5, 0.6) is 0 Å². The van der Waals surface area contributed by atoms with Crippen LogP contribution >= 0.6 is 0 Å². The monoisotopic (exact) mass is 218 g/mol. The molecule has 0 saturated carbocycles. The normalized spacial score (nSPS) is 13.1. The molecule has 2 N–H and O–H groups in total. The van der Waals surface area contributed by atoms with Gasteiger partial charge < -0.3 is 10.2 Å². The Kier molecular flexibility index (Phi) is 2.69. The van der Waals surface area contributed by atoms with Crippen LogP contribution in [0.15, 0.2) is 10.8 Å². The SMILES string of the molecule is CC(C)(c1ocnc1CN)S(C)(=O)=O. The van der Waals surface area contributed by atoms with Crippen LogP contribution < -0.4 is 5.73 Å². The van der Waals surface area contributed by atoms with Crippen LogP contribution in [0.1, 0.15) is 25.3 Å². The third-order valence-electron chi connectivity index (χ3n) is 2.31. The van der Waals surface area contributed by atoms with Crippen molar-refractivity contribution in [3.63, 3.8) is 0 Å². The number of hydrogen-bond acceptors (Lipinski definition) is 5. The molecule has 0 saturated heterocycles. The van der Waals surface area contributed by atoms with Crippen LogP contribution in [0.4, 0.5) is 0 Å². The van der Waals surface area contributed by atoms with Gasteiger partial charge in [0.05, 0.1) is 5.69 Å². The lowest BCUT2D eigenvalue weighted by Gasteiger charge is -2.20. The van der Waals surface area contributed by atoms with Crippen LogP contribution in [0.2, 0.25) is 0 Å². The summed E-state index contributed by atoms with van der Waals surface area (Å²) in [6, 6.07) is 0. The van der Waals surface area contributed by atoms with Gasteiger partial charge in [-0.3, -0.25) is 0 Å². The highest BCUT2D eigenvalue weighted by Crippen LogP contribution is 2.30. The van der Waals surface area contributed by atoms with Gasteiger partial charge in [-0.1, -0.05) is 0 Å². The minimum absolute atomic E-state index is 0.171. The zero-order valence-electron chi connectivity index (χ0n) is 8.44. The molecule has 0 aliphatic heterocycles. The van der Waals surface area contributed by atoms with Crippen LogP contribution in [0.25, 0.3) is 0 Å². The molecule has 0 fully saturated rings. The summed E-state index contributed by atoms with van der Waals surface area (Å²) in [6.45, 7) is 3.31. The molecule has 0 aliphatic carbocycles. The molecular weight excluding hydrogens is 204 g/mol. The summed E-state index contributed by atoms with van der Waals surface area (Å²) in [7, 11) is -3.25. The van der Waals surface area contributed by atoms with Crippen molar-refractivity contribution >= 4 is 9.84 Å². The minimum atomic E-state index is -3.25. The number of sulfone groups is 1. The van der Waals surface area contributed by atoms with Gasteiger partial charge in [-0.15, -0.1) is 0 Å². The highest BCUT2D eigenvalue weighted by Gasteiger charge is 2.37. The molecule has 0 atom stereocenters. The molecule has 80 valence electrons. The fraction of sp³-hybridized carbons (Fsp3) is 0.625. The summed E-state index contributed by atoms with van der Waals surface area (Å²) in [4.78, 5) is 3.86. The Morgan fingerprint density at radius 1 is 1.57 bits per heavy atom. The number of nitrogens with zero attached hydrogens (tertiary/aromatic N) is 1. The lowest BCUT2D eigenvalue weighted by molar-refractivity contribution is 0.442. The van der Waals surface area contributed by atoms with Gasteiger partial charge in [0.25, 0.3) is 0 Å². The fourth-order valence-electron chi connectivity index (χ4n) is 1.07. The van der Waals surface area contributed by atoms with Gasteiger partial charge in [-0.25, -0.2) is 13.4 Å². The molecule has 0 spiro atoms. The molecule has 0 aromatic carbocycles. The molecule has 0 radical (unpaired) electrons. The molecule has 0 aliphatic rings. The van der Waals surface area contributed by atoms with Gasteiger partial charge in [0.2, 0.25) is 0 Å². The highest BCUT2D eigenvalue weighted by molar-refractivity contribution is 7.91. The fourth-order valence-corrected chi connectivity index (χ4v) is 1.58. The highest BCUT2D eigenvalue weighted by atomic mass is 32.2. The third kappa shape index (κ3) is 1.67. The van der Waals surface area contributed by atoms with E-state index in [1.165, 1.54) is 6.39 Å². The molecule has 14 heavy (non-hydrogen) atoms. The molecule has 1 aromatic heterocycles. The standard InChI is InChI=1S/C8H14N2O3S/c1-8(2,14(3,11)12)7-6(4-9)10-5-13-7/h5H,4,9H2,1-3H3. The van der Waals surface area contributed by atoms with E-state index in [4.69, 9.17) is 10.2 Å². The summed E-state index contributed by atoms with van der Waals surface area (Å²) in [5, 5.41) is 0. The van der Waals surface area contributed by atoms with Crippen molar-refractivity contribution in [1.29, 1.82) is 0 Å². The average molecular weight is 218 g/mol. The van der Waals surface area contributed by atoms with Crippen molar-refractivity contribution in [3.05, 3.63) is 17.8 Å². The first-order chi connectivity index (χ1) is 6.30. The van der Waals surface area contributed by atoms with Crippen LogP contribution in [0, 0.1) is 0 Å².